The maximum Gasteiger partial charge on any atom is 0.228 e. The predicted molar refractivity (Wildman–Crippen MR) is 80.8 cm³/mol. The zero-order chi connectivity index (χ0) is 14.1. The molecule has 1 atom stereocenters. The van der Waals surface area contributed by atoms with Crippen molar-refractivity contribution >= 4 is 22.2 Å². The van der Waals surface area contributed by atoms with Crippen molar-refractivity contribution in [2.75, 3.05) is 5.32 Å². The first-order valence-electron chi connectivity index (χ1n) is 7.58. The van der Waals surface area contributed by atoms with Crippen molar-refractivity contribution in [2.24, 2.45) is 11.8 Å². The van der Waals surface area contributed by atoms with Crippen LogP contribution >= 0.6 is 11.3 Å². The average molecular weight is 288 g/mol. The van der Waals surface area contributed by atoms with Crippen molar-refractivity contribution in [3.05, 3.63) is 16.0 Å². The monoisotopic (exact) mass is 288 g/mol. The molecule has 1 amide bonds. The van der Waals surface area contributed by atoms with Crippen molar-refractivity contribution in [3.63, 3.8) is 0 Å². The van der Waals surface area contributed by atoms with Crippen LogP contribution in [0, 0.1) is 23.2 Å². The molecule has 0 spiro atoms. The minimum atomic E-state index is 0.110. The summed E-state index contributed by atoms with van der Waals surface area (Å²) < 4.78 is 0. The Morgan fingerprint density at radius 2 is 2.25 bits per heavy atom. The second-order valence-corrected chi connectivity index (χ2v) is 7.06. The van der Waals surface area contributed by atoms with Gasteiger partial charge in [0.05, 0.1) is 5.56 Å². The molecule has 3 rings (SSSR count). The highest BCUT2D eigenvalue weighted by Crippen LogP contribution is 2.40. The van der Waals surface area contributed by atoms with Crippen molar-refractivity contribution in [1.82, 2.24) is 0 Å². The van der Waals surface area contributed by atoms with Crippen LogP contribution in [0.3, 0.4) is 0 Å². The molecule has 20 heavy (non-hydrogen) atoms. The molecule has 1 fully saturated rings. The van der Waals surface area contributed by atoms with Gasteiger partial charge in [0.15, 0.2) is 0 Å². The van der Waals surface area contributed by atoms with E-state index in [1.807, 2.05) is 0 Å². The molecule has 3 nitrogen and oxygen atoms in total. The number of nitriles is 1. The number of hydrogen-bond donors (Lipinski definition) is 1. The normalized spacial score (nSPS) is 21.7. The predicted octanol–water partition coefficient (Wildman–Crippen LogP) is 3.87. The molecule has 0 saturated heterocycles. The highest BCUT2D eigenvalue weighted by Gasteiger charge is 2.29. The molecule has 1 N–H and O–H groups in total. The Bertz CT molecular complexity index is 566. The molecular weight excluding hydrogens is 268 g/mol. The summed E-state index contributed by atoms with van der Waals surface area (Å²) in [5.41, 5.74) is 1.93. The van der Waals surface area contributed by atoms with E-state index in [1.165, 1.54) is 23.3 Å². The van der Waals surface area contributed by atoms with Gasteiger partial charge < -0.3 is 5.32 Å². The number of amides is 1. The van der Waals surface area contributed by atoms with Crippen molar-refractivity contribution < 1.29 is 4.79 Å². The lowest BCUT2D eigenvalue weighted by Gasteiger charge is -2.23. The quantitative estimate of drug-likeness (QED) is 0.917. The molecule has 2 aliphatic carbocycles. The topological polar surface area (TPSA) is 52.9 Å². The van der Waals surface area contributed by atoms with E-state index in [-0.39, 0.29) is 11.8 Å². The van der Waals surface area contributed by atoms with Gasteiger partial charge >= 0.3 is 0 Å². The zero-order valence-corrected chi connectivity index (χ0v) is 12.7. The van der Waals surface area contributed by atoms with Crippen molar-refractivity contribution in [3.8, 4) is 6.07 Å². The number of rotatable bonds is 3. The number of anilines is 1. The largest absolute Gasteiger partial charge is 0.316 e. The van der Waals surface area contributed by atoms with Crippen LogP contribution in [0.1, 0.15) is 55.0 Å². The third-order valence-corrected chi connectivity index (χ3v) is 5.94. The summed E-state index contributed by atoms with van der Waals surface area (Å²) in [6.45, 7) is 2.23. The number of nitrogens with one attached hydrogen (secondary N) is 1. The third-order valence-electron chi connectivity index (χ3n) is 4.77. The Labute approximate surface area is 124 Å². The summed E-state index contributed by atoms with van der Waals surface area (Å²) in [4.78, 5) is 13.4. The number of fused-ring (bicyclic) bond motifs is 1. The first kappa shape index (κ1) is 13.6. The Balaban J connectivity index is 1.82. The standard InChI is InChI=1S/C16H20N2OS/c1-2-10-6-7-12-13(9-17)16(20-14(12)8-10)18-15(19)11-4-3-5-11/h10-11H,2-8H2,1H3,(H,18,19)/t10-/m1/s1. The van der Waals surface area contributed by atoms with Crippen LogP contribution in [0.5, 0.6) is 0 Å². The Kier molecular flexibility index (Phi) is 3.80. The fraction of sp³-hybridized carbons (Fsp3) is 0.625. The van der Waals surface area contributed by atoms with Gasteiger partial charge in [0.25, 0.3) is 0 Å². The second kappa shape index (κ2) is 5.57. The van der Waals surface area contributed by atoms with Crippen LogP contribution in [0.25, 0.3) is 0 Å². The lowest BCUT2D eigenvalue weighted by molar-refractivity contribution is -0.122. The third kappa shape index (κ3) is 2.35. The first-order valence-corrected chi connectivity index (χ1v) is 8.40. The molecule has 0 aromatic carbocycles. The van der Waals surface area contributed by atoms with E-state index in [9.17, 15) is 10.1 Å². The van der Waals surface area contributed by atoms with Gasteiger partial charge in [-0.15, -0.1) is 11.3 Å². The van der Waals surface area contributed by atoms with Crippen molar-refractivity contribution in [1.29, 1.82) is 5.26 Å². The van der Waals surface area contributed by atoms with Gasteiger partial charge in [0, 0.05) is 10.8 Å². The number of nitrogens with zero attached hydrogens (tertiary/aromatic N) is 1. The van der Waals surface area contributed by atoms with Crippen LogP contribution in [0.15, 0.2) is 0 Å². The van der Waals surface area contributed by atoms with Gasteiger partial charge in [0.2, 0.25) is 5.91 Å². The van der Waals surface area contributed by atoms with Crippen molar-refractivity contribution in [2.45, 2.75) is 51.9 Å². The van der Waals surface area contributed by atoms with Crippen LogP contribution in [-0.2, 0) is 17.6 Å². The number of thiophene rings is 1. The summed E-state index contributed by atoms with van der Waals surface area (Å²) >= 11 is 1.63. The average Bonchev–Trinajstić information content (AvgIpc) is 2.72. The van der Waals surface area contributed by atoms with E-state index in [1.54, 1.807) is 11.3 Å². The molecule has 2 aliphatic rings. The van der Waals surface area contributed by atoms with E-state index in [0.29, 0.717) is 0 Å². The van der Waals surface area contributed by atoms with Crippen LogP contribution in [0.2, 0.25) is 0 Å². The Hall–Kier alpha value is -1.34. The molecule has 1 saturated carbocycles. The maximum absolute atomic E-state index is 12.1. The van der Waals surface area contributed by atoms with Crippen LogP contribution in [0.4, 0.5) is 5.00 Å². The van der Waals surface area contributed by atoms with Gasteiger partial charge in [-0.3, -0.25) is 4.79 Å². The highest BCUT2D eigenvalue weighted by atomic mass is 32.1. The molecule has 106 valence electrons. The van der Waals surface area contributed by atoms with Gasteiger partial charge in [-0.05, 0) is 43.6 Å². The molecular formula is C16H20N2OS. The van der Waals surface area contributed by atoms with E-state index >= 15 is 0 Å². The van der Waals surface area contributed by atoms with Crippen LogP contribution < -0.4 is 5.32 Å². The number of carbonyl (C=O) groups is 1. The summed E-state index contributed by atoms with van der Waals surface area (Å²) in [6, 6.07) is 2.31. The fourth-order valence-electron chi connectivity index (χ4n) is 3.09. The molecule has 1 aromatic heterocycles. The first-order chi connectivity index (χ1) is 9.72. The lowest BCUT2D eigenvalue weighted by Crippen LogP contribution is -2.27. The summed E-state index contributed by atoms with van der Waals surface area (Å²) in [7, 11) is 0. The van der Waals surface area contributed by atoms with E-state index in [4.69, 9.17) is 0 Å². The van der Waals surface area contributed by atoms with Gasteiger partial charge in [-0.1, -0.05) is 19.8 Å². The van der Waals surface area contributed by atoms with Gasteiger partial charge in [0.1, 0.15) is 11.1 Å². The SMILES string of the molecule is CC[C@@H]1CCc2c(sc(NC(=O)C3CCC3)c2C#N)C1. The Morgan fingerprint density at radius 3 is 2.85 bits per heavy atom. The summed E-state index contributed by atoms with van der Waals surface area (Å²) in [6.07, 6.45) is 7.58. The summed E-state index contributed by atoms with van der Waals surface area (Å²) in [5.74, 6) is 1.02. The minimum absolute atomic E-state index is 0.110. The molecule has 1 heterocycles. The minimum Gasteiger partial charge on any atom is -0.316 e. The van der Waals surface area contributed by atoms with E-state index in [0.717, 1.165) is 48.6 Å². The van der Waals surface area contributed by atoms with E-state index in [2.05, 4.69) is 18.3 Å². The van der Waals surface area contributed by atoms with Gasteiger partial charge in [-0.2, -0.15) is 5.26 Å². The molecule has 0 radical (unpaired) electrons. The fourth-order valence-corrected chi connectivity index (χ4v) is 4.41. The second-order valence-electron chi connectivity index (χ2n) is 5.95. The zero-order valence-electron chi connectivity index (χ0n) is 11.9. The number of hydrogen-bond acceptors (Lipinski definition) is 3. The smallest absolute Gasteiger partial charge is 0.228 e. The maximum atomic E-state index is 12.1. The molecule has 0 unspecified atom stereocenters. The van der Waals surface area contributed by atoms with Gasteiger partial charge in [-0.25, -0.2) is 0 Å². The Morgan fingerprint density at radius 1 is 1.45 bits per heavy atom. The number of carbonyl (C=O) groups excluding carboxylic acids is 1. The lowest BCUT2D eigenvalue weighted by atomic mass is 9.84. The molecule has 0 aliphatic heterocycles. The molecule has 0 bridgehead atoms. The molecule has 4 heteroatoms. The van der Waals surface area contributed by atoms with Crippen LogP contribution in [-0.4, -0.2) is 5.91 Å². The highest BCUT2D eigenvalue weighted by molar-refractivity contribution is 7.16. The summed E-state index contributed by atoms with van der Waals surface area (Å²) in [5, 5.41) is 13.2. The van der Waals surface area contributed by atoms with E-state index < -0.39 is 0 Å². The molecule has 1 aromatic rings.